The standard InChI is InChI=1S/C8H14O5S/c1-2-13-8(7(9)10)4-3-5-14(11,12)6-8/h2-6H2,1H3,(H,9,10). The van der Waals surface area contributed by atoms with Gasteiger partial charge in [-0.05, 0) is 19.8 Å². The average Bonchev–Trinajstić information content (AvgIpc) is 2.02. The average molecular weight is 222 g/mol. The van der Waals surface area contributed by atoms with Gasteiger partial charge in [0, 0.05) is 6.61 Å². The zero-order valence-corrected chi connectivity index (χ0v) is 8.84. The van der Waals surface area contributed by atoms with E-state index in [0.717, 1.165) is 0 Å². The van der Waals surface area contributed by atoms with Crippen LogP contribution in [0.25, 0.3) is 0 Å². The SMILES string of the molecule is CCOC1(C(=O)O)CCCS(=O)(=O)C1. The molecule has 1 saturated heterocycles. The number of aliphatic carboxylic acids is 1. The number of carboxylic acids is 1. The molecular formula is C8H14O5S. The molecule has 1 fully saturated rings. The van der Waals surface area contributed by atoms with Gasteiger partial charge in [0.2, 0.25) is 0 Å². The van der Waals surface area contributed by atoms with Crippen molar-refractivity contribution < 1.29 is 23.1 Å². The molecular weight excluding hydrogens is 208 g/mol. The summed E-state index contributed by atoms with van der Waals surface area (Å²) in [5, 5.41) is 8.96. The zero-order chi connectivity index (χ0) is 10.8. The number of carboxylic acid groups (broad SMARTS) is 1. The van der Waals surface area contributed by atoms with E-state index in [1.54, 1.807) is 6.92 Å². The minimum Gasteiger partial charge on any atom is -0.479 e. The lowest BCUT2D eigenvalue weighted by Gasteiger charge is -2.32. The summed E-state index contributed by atoms with van der Waals surface area (Å²) in [6.45, 7) is 1.87. The summed E-state index contributed by atoms with van der Waals surface area (Å²) in [4.78, 5) is 11.0. The molecule has 5 nitrogen and oxygen atoms in total. The summed E-state index contributed by atoms with van der Waals surface area (Å²) < 4.78 is 27.7. The first-order valence-electron chi connectivity index (χ1n) is 4.50. The van der Waals surface area contributed by atoms with Crippen LogP contribution in [0.2, 0.25) is 0 Å². The first kappa shape index (κ1) is 11.5. The number of rotatable bonds is 3. The Hall–Kier alpha value is -0.620. The predicted octanol–water partition coefficient (Wildman–Crippen LogP) is 0.0549. The van der Waals surface area contributed by atoms with E-state index in [0.29, 0.717) is 6.42 Å². The monoisotopic (exact) mass is 222 g/mol. The van der Waals surface area contributed by atoms with Gasteiger partial charge in [0.05, 0.1) is 11.5 Å². The number of hydrogen-bond donors (Lipinski definition) is 1. The van der Waals surface area contributed by atoms with E-state index >= 15 is 0 Å². The second kappa shape index (κ2) is 3.86. The summed E-state index contributed by atoms with van der Waals surface area (Å²) in [7, 11) is -3.26. The van der Waals surface area contributed by atoms with Crippen molar-refractivity contribution in [1.82, 2.24) is 0 Å². The Balaban J connectivity index is 2.93. The molecule has 1 N–H and O–H groups in total. The van der Waals surface area contributed by atoms with E-state index in [9.17, 15) is 13.2 Å². The van der Waals surface area contributed by atoms with Crippen molar-refractivity contribution in [3.8, 4) is 0 Å². The van der Waals surface area contributed by atoms with Crippen LogP contribution in [0.15, 0.2) is 0 Å². The Morgan fingerprint density at radius 2 is 2.21 bits per heavy atom. The van der Waals surface area contributed by atoms with E-state index in [2.05, 4.69) is 0 Å². The molecule has 1 rings (SSSR count). The number of hydrogen-bond acceptors (Lipinski definition) is 4. The summed E-state index contributed by atoms with van der Waals surface area (Å²) >= 11 is 0. The lowest BCUT2D eigenvalue weighted by atomic mass is 10.00. The van der Waals surface area contributed by atoms with Crippen LogP contribution < -0.4 is 0 Å². The van der Waals surface area contributed by atoms with Gasteiger partial charge < -0.3 is 9.84 Å². The molecule has 0 amide bonds. The van der Waals surface area contributed by atoms with Gasteiger partial charge in [-0.25, -0.2) is 13.2 Å². The molecule has 0 spiro atoms. The van der Waals surface area contributed by atoms with E-state index in [-0.39, 0.29) is 18.8 Å². The van der Waals surface area contributed by atoms with Crippen LogP contribution in [0, 0.1) is 0 Å². The molecule has 0 aromatic heterocycles. The molecule has 1 aliphatic heterocycles. The van der Waals surface area contributed by atoms with Gasteiger partial charge in [0.1, 0.15) is 0 Å². The zero-order valence-electron chi connectivity index (χ0n) is 8.02. The molecule has 6 heteroatoms. The second-order valence-electron chi connectivity index (χ2n) is 3.43. The lowest BCUT2D eigenvalue weighted by Crippen LogP contribution is -2.51. The quantitative estimate of drug-likeness (QED) is 0.730. The van der Waals surface area contributed by atoms with Gasteiger partial charge in [-0.15, -0.1) is 0 Å². The summed E-state index contributed by atoms with van der Waals surface area (Å²) in [6, 6.07) is 0. The molecule has 14 heavy (non-hydrogen) atoms. The first-order valence-corrected chi connectivity index (χ1v) is 6.32. The van der Waals surface area contributed by atoms with Gasteiger partial charge in [-0.3, -0.25) is 0 Å². The third kappa shape index (κ3) is 2.24. The van der Waals surface area contributed by atoms with Gasteiger partial charge >= 0.3 is 5.97 Å². The third-order valence-corrected chi connectivity index (χ3v) is 4.12. The highest BCUT2D eigenvalue weighted by atomic mass is 32.2. The van der Waals surface area contributed by atoms with Gasteiger partial charge in [0.15, 0.2) is 15.4 Å². The van der Waals surface area contributed by atoms with Crippen LogP contribution >= 0.6 is 0 Å². The molecule has 0 aromatic carbocycles. The molecule has 1 heterocycles. The maximum atomic E-state index is 11.3. The smallest absolute Gasteiger partial charge is 0.337 e. The number of carbonyl (C=O) groups is 1. The van der Waals surface area contributed by atoms with Crippen LogP contribution in [0.5, 0.6) is 0 Å². The second-order valence-corrected chi connectivity index (χ2v) is 5.61. The van der Waals surface area contributed by atoms with Crippen molar-refractivity contribution in [2.24, 2.45) is 0 Å². The maximum absolute atomic E-state index is 11.3. The highest BCUT2D eigenvalue weighted by molar-refractivity contribution is 7.91. The fraction of sp³-hybridized carbons (Fsp3) is 0.875. The Morgan fingerprint density at radius 1 is 1.57 bits per heavy atom. The largest absolute Gasteiger partial charge is 0.479 e. The molecule has 1 atom stereocenters. The third-order valence-electron chi connectivity index (χ3n) is 2.30. The van der Waals surface area contributed by atoms with Crippen molar-refractivity contribution in [3.05, 3.63) is 0 Å². The molecule has 1 aliphatic rings. The van der Waals surface area contributed by atoms with Crippen molar-refractivity contribution in [3.63, 3.8) is 0 Å². The fourth-order valence-electron chi connectivity index (χ4n) is 1.70. The van der Waals surface area contributed by atoms with E-state index in [1.807, 2.05) is 0 Å². The fourth-order valence-corrected chi connectivity index (χ4v) is 3.49. The number of ether oxygens (including phenoxy) is 1. The van der Waals surface area contributed by atoms with Crippen LogP contribution in [0.1, 0.15) is 19.8 Å². The van der Waals surface area contributed by atoms with E-state index < -0.39 is 27.2 Å². The van der Waals surface area contributed by atoms with Crippen molar-refractivity contribution >= 4 is 15.8 Å². The first-order chi connectivity index (χ1) is 6.42. The Bertz CT molecular complexity index is 317. The summed E-state index contributed by atoms with van der Waals surface area (Å²) in [6.07, 6.45) is 0.629. The highest BCUT2D eigenvalue weighted by Crippen LogP contribution is 2.27. The van der Waals surface area contributed by atoms with E-state index in [4.69, 9.17) is 9.84 Å². The van der Waals surface area contributed by atoms with Crippen molar-refractivity contribution in [2.75, 3.05) is 18.1 Å². The van der Waals surface area contributed by atoms with Gasteiger partial charge in [0.25, 0.3) is 0 Å². The predicted molar refractivity (Wildman–Crippen MR) is 49.9 cm³/mol. The van der Waals surface area contributed by atoms with Gasteiger partial charge in [-0.1, -0.05) is 0 Å². The van der Waals surface area contributed by atoms with Crippen LogP contribution in [0.4, 0.5) is 0 Å². The van der Waals surface area contributed by atoms with Gasteiger partial charge in [-0.2, -0.15) is 0 Å². The van der Waals surface area contributed by atoms with Crippen molar-refractivity contribution in [2.45, 2.75) is 25.4 Å². The number of sulfone groups is 1. The van der Waals surface area contributed by atoms with Crippen LogP contribution in [0.3, 0.4) is 0 Å². The van der Waals surface area contributed by atoms with Crippen LogP contribution in [-0.2, 0) is 19.4 Å². The summed E-state index contributed by atoms with van der Waals surface area (Å²) in [5.41, 5.74) is -1.51. The van der Waals surface area contributed by atoms with Crippen molar-refractivity contribution in [1.29, 1.82) is 0 Å². The lowest BCUT2D eigenvalue weighted by molar-refractivity contribution is -0.163. The topological polar surface area (TPSA) is 80.7 Å². The molecule has 0 aromatic rings. The minimum absolute atomic E-state index is 0.0646. The minimum atomic E-state index is -3.26. The normalized spacial score (nSPS) is 31.2. The highest BCUT2D eigenvalue weighted by Gasteiger charge is 2.46. The Kier molecular flexibility index (Phi) is 3.16. The molecule has 0 saturated carbocycles. The molecule has 1 unspecified atom stereocenters. The molecule has 82 valence electrons. The molecule has 0 radical (unpaired) electrons. The molecule has 0 aliphatic carbocycles. The van der Waals surface area contributed by atoms with Crippen LogP contribution in [-0.4, -0.2) is 43.2 Å². The Labute approximate surface area is 83.0 Å². The van der Waals surface area contributed by atoms with E-state index in [1.165, 1.54) is 0 Å². The Morgan fingerprint density at radius 3 is 2.64 bits per heavy atom. The molecule has 0 bridgehead atoms. The summed E-state index contributed by atoms with van der Waals surface area (Å²) in [5.74, 6) is -1.51. The maximum Gasteiger partial charge on any atom is 0.337 e.